The molecule has 0 N–H and O–H groups in total. The highest BCUT2D eigenvalue weighted by Gasteiger charge is 2.31. The Balaban J connectivity index is 1.22. The van der Waals surface area contributed by atoms with Crippen molar-refractivity contribution in [3.63, 3.8) is 0 Å². The fraction of sp³-hybridized carbons (Fsp3) is 0. The molecule has 5 heteroatoms. The van der Waals surface area contributed by atoms with Gasteiger partial charge in [0, 0.05) is 16.5 Å². The predicted octanol–water partition coefficient (Wildman–Crippen LogP) is 8.36. The third-order valence-corrected chi connectivity index (χ3v) is 8.68. The highest BCUT2D eigenvalue weighted by atomic mass is 16.1. The first-order chi connectivity index (χ1) is 21.7. The third kappa shape index (κ3) is 3.50. The van der Waals surface area contributed by atoms with Crippen molar-refractivity contribution in [1.29, 1.82) is 0 Å². The van der Waals surface area contributed by atoms with Crippen LogP contribution in [0, 0.1) is 0 Å². The number of carbonyl (C=O) groups excluding carboxylic acids is 1. The zero-order valence-corrected chi connectivity index (χ0v) is 23.4. The summed E-state index contributed by atoms with van der Waals surface area (Å²) in [6, 6.07) is 46.5. The van der Waals surface area contributed by atoms with E-state index in [9.17, 15) is 9.59 Å². The molecule has 5 nitrogen and oxygen atoms in total. The van der Waals surface area contributed by atoms with Crippen LogP contribution in [0.3, 0.4) is 0 Å². The number of hydrogen-bond acceptors (Lipinski definition) is 3. The molecule has 0 bridgehead atoms. The summed E-state index contributed by atoms with van der Waals surface area (Å²) in [6.45, 7) is 0. The van der Waals surface area contributed by atoms with Crippen molar-refractivity contribution in [2.45, 2.75) is 0 Å². The van der Waals surface area contributed by atoms with E-state index >= 15 is 0 Å². The topological polar surface area (TPSA) is 56.9 Å². The molecule has 0 saturated carbocycles. The molecule has 0 unspecified atom stereocenters. The quantitative estimate of drug-likeness (QED) is 0.216. The van der Waals surface area contributed by atoms with Gasteiger partial charge in [0.05, 0.1) is 33.2 Å². The number of nitrogens with zero attached hydrogens (tertiary/aromatic N) is 3. The van der Waals surface area contributed by atoms with Gasteiger partial charge in [0.1, 0.15) is 0 Å². The van der Waals surface area contributed by atoms with E-state index in [-0.39, 0.29) is 17.2 Å². The molecule has 2 aromatic heterocycles. The van der Waals surface area contributed by atoms with Gasteiger partial charge in [-0.25, -0.2) is 4.98 Å². The second kappa shape index (κ2) is 9.21. The number of fused-ring (bicyclic) bond motifs is 7. The second-order valence-electron chi connectivity index (χ2n) is 11.2. The Morgan fingerprint density at radius 3 is 1.86 bits per heavy atom. The summed E-state index contributed by atoms with van der Waals surface area (Å²) in [5, 5.41) is 2.75. The lowest BCUT2D eigenvalue weighted by atomic mass is 10.0. The first-order valence-electron chi connectivity index (χ1n) is 14.6. The van der Waals surface area contributed by atoms with E-state index in [1.807, 2.05) is 91.0 Å². The van der Waals surface area contributed by atoms with Crippen LogP contribution < -0.4 is 5.56 Å². The lowest BCUT2D eigenvalue weighted by Crippen LogP contribution is -2.21. The minimum atomic E-state index is -0.250. The minimum absolute atomic E-state index is 0.150. The highest BCUT2D eigenvalue weighted by Crippen LogP contribution is 2.37. The van der Waals surface area contributed by atoms with Gasteiger partial charge in [-0.05, 0) is 70.8 Å². The molecule has 6 aromatic carbocycles. The van der Waals surface area contributed by atoms with E-state index in [1.165, 1.54) is 4.57 Å². The number of hydrogen-bond donors (Lipinski definition) is 0. The first-order valence-corrected chi connectivity index (χ1v) is 14.6. The smallest absolute Gasteiger partial charge is 0.266 e. The van der Waals surface area contributed by atoms with Crippen LogP contribution in [-0.2, 0) is 0 Å². The van der Waals surface area contributed by atoms with Crippen molar-refractivity contribution in [2.24, 2.45) is 0 Å². The van der Waals surface area contributed by atoms with Gasteiger partial charge in [0.2, 0.25) is 5.78 Å². The molecule has 44 heavy (non-hydrogen) atoms. The summed E-state index contributed by atoms with van der Waals surface area (Å²) in [5.74, 6) is -0.100. The zero-order valence-electron chi connectivity index (χ0n) is 23.4. The molecule has 8 aromatic rings. The van der Waals surface area contributed by atoms with Crippen molar-refractivity contribution in [1.82, 2.24) is 14.1 Å². The molecule has 0 radical (unpaired) electrons. The number of ketones is 1. The van der Waals surface area contributed by atoms with E-state index in [0.717, 1.165) is 49.7 Å². The van der Waals surface area contributed by atoms with Crippen molar-refractivity contribution in [2.75, 3.05) is 0 Å². The molecule has 3 heterocycles. The van der Waals surface area contributed by atoms with Gasteiger partial charge in [0.15, 0.2) is 5.82 Å². The van der Waals surface area contributed by atoms with Gasteiger partial charge in [-0.3, -0.25) is 14.2 Å². The Hall–Kier alpha value is -6.07. The summed E-state index contributed by atoms with van der Waals surface area (Å²) < 4.78 is 3.66. The number of para-hydroxylation sites is 1. The largest absolute Gasteiger partial charge is 0.309 e. The SMILES string of the molecule is O=C1c2cc(-n3c4ccccc4c4cc(-c5ccccc5)ccc43)ccc2-n2c1nc1ccc(-c3ccccc3)cc1c2=O. The molecule has 0 fully saturated rings. The zero-order chi connectivity index (χ0) is 29.4. The molecule has 0 aliphatic carbocycles. The summed E-state index contributed by atoms with van der Waals surface area (Å²) in [6.07, 6.45) is 0. The molecule has 0 spiro atoms. The maximum absolute atomic E-state index is 13.9. The van der Waals surface area contributed by atoms with Crippen molar-refractivity contribution >= 4 is 38.5 Å². The van der Waals surface area contributed by atoms with Gasteiger partial charge in [-0.2, -0.15) is 0 Å². The van der Waals surface area contributed by atoms with Gasteiger partial charge in [-0.1, -0.05) is 91.0 Å². The van der Waals surface area contributed by atoms with Crippen LogP contribution in [0.1, 0.15) is 16.2 Å². The molecule has 206 valence electrons. The number of benzene rings is 6. The fourth-order valence-electron chi connectivity index (χ4n) is 6.59. The monoisotopic (exact) mass is 565 g/mol. The standard InChI is InChI=1S/C39H23N3O2/c43-37-32-23-28(41-34-14-8-7-13-29(34)30-21-27(16-19-35(30)41)25-11-5-2-6-12-25)17-20-36(32)42-38(37)40-33-18-15-26(22-31(33)39(42)44)24-9-3-1-4-10-24/h1-23H. The second-order valence-corrected chi connectivity index (χ2v) is 11.2. The normalized spacial score (nSPS) is 12.2. The van der Waals surface area contributed by atoms with E-state index in [0.29, 0.717) is 22.2 Å². The molecule has 0 saturated heterocycles. The Morgan fingerprint density at radius 1 is 0.477 bits per heavy atom. The lowest BCUT2D eigenvalue weighted by molar-refractivity contribution is 0.103. The summed E-state index contributed by atoms with van der Waals surface area (Å²) >= 11 is 0. The molecular weight excluding hydrogens is 542 g/mol. The minimum Gasteiger partial charge on any atom is -0.309 e. The molecule has 0 amide bonds. The van der Waals surface area contributed by atoms with Crippen LogP contribution in [0.15, 0.2) is 144 Å². The van der Waals surface area contributed by atoms with Gasteiger partial charge >= 0.3 is 0 Å². The van der Waals surface area contributed by atoms with E-state index in [2.05, 4.69) is 58.1 Å². The maximum Gasteiger partial charge on any atom is 0.266 e. The van der Waals surface area contributed by atoms with Crippen LogP contribution in [0.5, 0.6) is 0 Å². The molecule has 1 aliphatic rings. The average molecular weight is 566 g/mol. The van der Waals surface area contributed by atoms with Crippen LogP contribution in [0.4, 0.5) is 0 Å². The number of carbonyl (C=O) groups is 1. The maximum atomic E-state index is 13.9. The molecule has 9 rings (SSSR count). The Morgan fingerprint density at radius 2 is 1.11 bits per heavy atom. The number of rotatable bonds is 3. The molecular formula is C39H23N3O2. The fourth-order valence-corrected chi connectivity index (χ4v) is 6.59. The van der Waals surface area contributed by atoms with Crippen LogP contribution in [0.2, 0.25) is 0 Å². The van der Waals surface area contributed by atoms with Crippen LogP contribution in [0.25, 0.3) is 66.3 Å². The predicted molar refractivity (Wildman–Crippen MR) is 176 cm³/mol. The Labute approximate surface area is 251 Å². The van der Waals surface area contributed by atoms with E-state index in [1.54, 1.807) is 0 Å². The first kappa shape index (κ1) is 24.5. The number of aromatic nitrogens is 3. The third-order valence-electron chi connectivity index (χ3n) is 8.68. The van der Waals surface area contributed by atoms with Gasteiger partial charge in [-0.15, -0.1) is 0 Å². The van der Waals surface area contributed by atoms with E-state index in [4.69, 9.17) is 0 Å². The summed E-state index contributed by atoms with van der Waals surface area (Å²) in [7, 11) is 0. The van der Waals surface area contributed by atoms with Crippen LogP contribution in [-0.4, -0.2) is 19.9 Å². The highest BCUT2D eigenvalue weighted by molar-refractivity contribution is 6.14. The van der Waals surface area contributed by atoms with Crippen molar-refractivity contribution < 1.29 is 4.79 Å². The lowest BCUT2D eigenvalue weighted by Gasteiger charge is -2.11. The average Bonchev–Trinajstić information content (AvgIpc) is 3.56. The summed E-state index contributed by atoms with van der Waals surface area (Å²) in [4.78, 5) is 32.4. The molecule has 0 atom stereocenters. The summed E-state index contributed by atoms with van der Waals surface area (Å²) in [5.41, 5.74) is 8.50. The van der Waals surface area contributed by atoms with Crippen molar-refractivity contribution in [3.05, 3.63) is 161 Å². The Kier molecular flexibility index (Phi) is 5.14. The molecule has 1 aliphatic heterocycles. The van der Waals surface area contributed by atoms with Crippen molar-refractivity contribution in [3.8, 4) is 33.6 Å². The van der Waals surface area contributed by atoms with E-state index < -0.39 is 0 Å². The van der Waals surface area contributed by atoms with Crippen LogP contribution >= 0.6 is 0 Å². The Bertz CT molecular complexity index is 2530. The van der Waals surface area contributed by atoms with Gasteiger partial charge < -0.3 is 4.57 Å². The van der Waals surface area contributed by atoms with Gasteiger partial charge in [0.25, 0.3) is 5.56 Å².